The van der Waals surface area contributed by atoms with Crippen molar-refractivity contribution in [3.63, 3.8) is 0 Å². The highest BCUT2D eigenvalue weighted by atomic mass is 16.4. The van der Waals surface area contributed by atoms with Gasteiger partial charge in [-0.1, -0.05) is 12.1 Å². The summed E-state index contributed by atoms with van der Waals surface area (Å²) in [6.07, 6.45) is 0. The predicted octanol–water partition coefficient (Wildman–Crippen LogP) is 2.09. The van der Waals surface area contributed by atoms with Gasteiger partial charge in [-0.05, 0) is 26.0 Å². The van der Waals surface area contributed by atoms with Crippen molar-refractivity contribution < 1.29 is 9.90 Å². The van der Waals surface area contributed by atoms with E-state index in [0.717, 1.165) is 12.1 Å². The van der Waals surface area contributed by atoms with Crippen molar-refractivity contribution in [2.24, 2.45) is 0 Å². The van der Waals surface area contributed by atoms with E-state index in [9.17, 15) is 4.79 Å². The van der Waals surface area contributed by atoms with Crippen molar-refractivity contribution in [2.75, 3.05) is 11.9 Å². The molecule has 0 aliphatic rings. The summed E-state index contributed by atoms with van der Waals surface area (Å²) in [5.41, 5.74) is 0.992. The normalized spacial score (nSPS) is 10.4. The van der Waals surface area contributed by atoms with E-state index in [1.54, 1.807) is 18.2 Å². The number of nitrogens with zero attached hydrogens (tertiary/aromatic N) is 3. The fourth-order valence-electron chi connectivity index (χ4n) is 1.90. The first-order valence-corrected chi connectivity index (χ1v) is 6.18. The van der Waals surface area contributed by atoms with E-state index < -0.39 is 5.97 Å². The van der Waals surface area contributed by atoms with Crippen molar-refractivity contribution in [2.45, 2.75) is 20.4 Å². The Kier molecular flexibility index (Phi) is 3.79. The van der Waals surface area contributed by atoms with Crippen LogP contribution in [0, 0.1) is 0 Å². The fourth-order valence-corrected chi connectivity index (χ4v) is 1.90. The summed E-state index contributed by atoms with van der Waals surface area (Å²) in [7, 11) is 0. The second-order valence-corrected chi connectivity index (χ2v) is 4.01. The van der Waals surface area contributed by atoms with Gasteiger partial charge in [-0.25, -0.2) is 4.79 Å². The van der Waals surface area contributed by atoms with Crippen LogP contribution in [-0.2, 0) is 6.54 Å². The smallest absolute Gasteiger partial charge is 0.335 e. The minimum atomic E-state index is -0.948. The van der Waals surface area contributed by atoms with Crippen LogP contribution in [0.5, 0.6) is 0 Å². The lowest BCUT2D eigenvalue weighted by Crippen LogP contribution is -2.07. The summed E-state index contributed by atoms with van der Waals surface area (Å²) in [6.45, 7) is 5.45. The van der Waals surface area contributed by atoms with Crippen LogP contribution in [0.1, 0.15) is 24.2 Å². The number of benzene rings is 1. The van der Waals surface area contributed by atoms with E-state index in [1.807, 2.05) is 24.5 Å². The van der Waals surface area contributed by atoms with Gasteiger partial charge in [-0.15, -0.1) is 10.2 Å². The lowest BCUT2D eigenvalue weighted by Gasteiger charge is -2.08. The van der Waals surface area contributed by atoms with E-state index in [2.05, 4.69) is 15.5 Å². The first kappa shape index (κ1) is 13.1. The Morgan fingerprint density at radius 3 is 2.79 bits per heavy atom. The Morgan fingerprint density at radius 2 is 2.16 bits per heavy atom. The number of carboxylic acids is 1. The molecular weight excluding hydrogens is 244 g/mol. The van der Waals surface area contributed by atoms with Gasteiger partial charge in [0.1, 0.15) is 0 Å². The highest BCUT2D eigenvalue weighted by molar-refractivity contribution is 5.89. The summed E-state index contributed by atoms with van der Waals surface area (Å²) in [5.74, 6) is 0.415. The molecule has 6 heteroatoms. The first-order valence-electron chi connectivity index (χ1n) is 6.18. The van der Waals surface area contributed by atoms with Crippen molar-refractivity contribution in [1.29, 1.82) is 0 Å². The Labute approximate surface area is 111 Å². The molecule has 0 atom stereocenters. The lowest BCUT2D eigenvalue weighted by atomic mass is 10.1. The van der Waals surface area contributed by atoms with Gasteiger partial charge in [0.2, 0.25) is 5.95 Å². The monoisotopic (exact) mass is 260 g/mol. The number of nitrogens with one attached hydrogen (secondary N) is 1. The highest BCUT2D eigenvalue weighted by Crippen LogP contribution is 2.21. The molecule has 0 saturated heterocycles. The van der Waals surface area contributed by atoms with Gasteiger partial charge in [-0.3, -0.25) is 4.57 Å². The van der Waals surface area contributed by atoms with Crippen LogP contribution in [0.15, 0.2) is 24.3 Å². The molecule has 0 bridgehead atoms. The van der Waals surface area contributed by atoms with Gasteiger partial charge in [0.05, 0.1) is 5.56 Å². The molecule has 1 heterocycles. The third-order valence-electron chi connectivity index (χ3n) is 2.77. The minimum Gasteiger partial charge on any atom is -0.478 e. The summed E-state index contributed by atoms with van der Waals surface area (Å²) in [4.78, 5) is 11.0. The Hall–Kier alpha value is -2.37. The standard InChI is InChI=1S/C13H16N4O2/c1-3-14-13-16-15-11(17(13)4-2)9-6-5-7-10(8-9)12(18)19/h5-8H,3-4H2,1-2H3,(H,14,16)(H,18,19). The zero-order valence-corrected chi connectivity index (χ0v) is 10.9. The second kappa shape index (κ2) is 5.51. The number of carbonyl (C=O) groups is 1. The van der Waals surface area contributed by atoms with Crippen LogP contribution in [-0.4, -0.2) is 32.4 Å². The first-order chi connectivity index (χ1) is 9.17. The number of hydrogen-bond acceptors (Lipinski definition) is 4. The van der Waals surface area contributed by atoms with Crippen molar-refractivity contribution in [1.82, 2.24) is 14.8 Å². The largest absolute Gasteiger partial charge is 0.478 e. The van der Waals surface area contributed by atoms with Crippen molar-refractivity contribution in [3.8, 4) is 11.4 Å². The van der Waals surface area contributed by atoms with E-state index in [-0.39, 0.29) is 5.56 Å². The van der Waals surface area contributed by atoms with Gasteiger partial charge in [0.25, 0.3) is 0 Å². The molecule has 1 aromatic carbocycles. The molecule has 6 nitrogen and oxygen atoms in total. The Morgan fingerprint density at radius 1 is 1.37 bits per heavy atom. The molecule has 0 unspecified atom stereocenters. The van der Waals surface area contributed by atoms with E-state index in [1.165, 1.54) is 0 Å². The Bertz CT molecular complexity index is 592. The van der Waals surface area contributed by atoms with Crippen LogP contribution >= 0.6 is 0 Å². The molecule has 0 aliphatic carbocycles. The third-order valence-corrected chi connectivity index (χ3v) is 2.77. The van der Waals surface area contributed by atoms with E-state index in [0.29, 0.717) is 18.3 Å². The number of carboxylic acid groups (broad SMARTS) is 1. The topological polar surface area (TPSA) is 80.0 Å². The fraction of sp³-hybridized carbons (Fsp3) is 0.308. The maximum absolute atomic E-state index is 11.0. The Balaban J connectivity index is 2.46. The van der Waals surface area contributed by atoms with Crippen LogP contribution in [0.3, 0.4) is 0 Å². The second-order valence-electron chi connectivity index (χ2n) is 4.01. The number of hydrogen-bond donors (Lipinski definition) is 2. The average Bonchev–Trinajstić information content (AvgIpc) is 2.82. The highest BCUT2D eigenvalue weighted by Gasteiger charge is 2.13. The van der Waals surface area contributed by atoms with E-state index in [4.69, 9.17) is 5.11 Å². The van der Waals surface area contributed by atoms with Gasteiger partial charge in [0.15, 0.2) is 5.82 Å². The third kappa shape index (κ3) is 2.57. The summed E-state index contributed by atoms with van der Waals surface area (Å²) >= 11 is 0. The van der Waals surface area contributed by atoms with Crippen molar-refractivity contribution >= 4 is 11.9 Å². The van der Waals surface area contributed by atoms with Gasteiger partial charge in [0, 0.05) is 18.7 Å². The number of aromatic carboxylic acids is 1. The molecule has 2 rings (SSSR count). The van der Waals surface area contributed by atoms with E-state index >= 15 is 0 Å². The number of anilines is 1. The zero-order valence-electron chi connectivity index (χ0n) is 10.9. The quantitative estimate of drug-likeness (QED) is 0.860. The molecule has 0 amide bonds. The van der Waals surface area contributed by atoms with Gasteiger partial charge in [-0.2, -0.15) is 0 Å². The molecule has 1 aromatic heterocycles. The average molecular weight is 260 g/mol. The van der Waals surface area contributed by atoms with Gasteiger partial charge >= 0.3 is 5.97 Å². The summed E-state index contributed by atoms with van der Waals surface area (Å²) < 4.78 is 1.92. The molecule has 0 spiro atoms. The number of rotatable bonds is 5. The molecule has 2 aromatic rings. The maximum Gasteiger partial charge on any atom is 0.335 e. The van der Waals surface area contributed by atoms with Crippen LogP contribution in [0.4, 0.5) is 5.95 Å². The summed E-state index contributed by atoms with van der Waals surface area (Å²) in [5, 5.41) is 20.4. The zero-order chi connectivity index (χ0) is 13.8. The molecule has 0 saturated carbocycles. The molecule has 0 fully saturated rings. The van der Waals surface area contributed by atoms with Crippen molar-refractivity contribution in [3.05, 3.63) is 29.8 Å². The minimum absolute atomic E-state index is 0.244. The summed E-state index contributed by atoms with van der Waals surface area (Å²) in [6, 6.07) is 6.71. The molecule has 0 aliphatic heterocycles. The molecular formula is C13H16N4O2. The maximum atomic E-state index is 11.0. The van der Waals surface area contributed by atoms with Crippen LogP contribution in [0.25, 0.3) is 11.4 Å². The molecule has 0 radical (unpaired) electrons. The number of aromatic nitrogens is 3. The molecule has 19 heavy (non-hydrogen) atoms. The van der Waals surface area contributed by atoms with Gasteiger partial charge < -0.3 is 10.4 Å². The lowest BCUT2D eigenvalue weighted by molar-refractivity contribution is 0.0697. The molecule has 100 valence electrons. The van der Waals surface area contributed by atoms with Crippen LogP contribution < -0.4 is 5.32 Å². The SMILES string of the molecule is CCNc1nnc(-c2cccc(C(=O)O)c2)n1CC. The van der Waals surface area contributed by atoms with Crippen LogP contribution in [0.2, 0.25) is 0 Å². The predicted molar refractivity (Wildman–Crippen MR) is 72.3 cm³/mol. The molecule has 2 N–H and O–H groups in total.